The van der Waals surface area contributed by atoms with Gasteiger partial charge in [0, 0.05) is 18.7 Å². The number of hydrogen-bond acceptors (Lipinski definition) is 2. The van der Waals surface area contributed by atoms with Gasteiger partial charge in [0.05, 0.1) is 6.61 Å². The monoisotopic (exact) mass is 249 g/mol. The summed E-state index contributed by atoms with van der Waals surface area (Å²) in [6.45, 7) is 3.33. The number of amides is 1. The van der Waals surface area contributed by atoms with Crippen LogP contribution in [0.1, 0.15) is 43.0 Å². The highest BCUT2D eigenvalue weighted by Gasteiger charge is 2.14. The van der Waals surface area contributed by atoms with Gasteiger partial charge in [-0.1, -0.05) is 44.4 Å². The fourth-order valence-corrected chi connectivity index (χ4v) is 1.93. The lowest BCUT2D eigenvalue weighted by molar-refractivity contribution is 0.0718. The Morgan fingerprint density at radius 3 is 2.44 bits per heavy atom. The molecule has 0 spiro atoms. The molecule has 1 rings (SSSR count). The molecule has 0 aliphatic carbocycles. The van der Waals surface area contributed by atoms with Crippen LogP contribution >= 0.6 is 0 Å². The van der Waals surface area contributed by atoms with Gasteiger partial charge in [-0.25, -0.2) is 0 Å². The zero-order valence-electron chi connectivity index (χ0n) is 11.1. The van der Waals surface area contributed by atoms with Gasteiger partial charge in [-0.3, -0.25) is 4.79 Å². The van der Waals surface area contributed by atoms with Crippen molar-refractivity contribution < 1.29 is 9.90 Å². The van der Waals surface area contributed by atoms with Crippen LogP contribution in [0.5, 0.6) is 0 Å². The zero-order chi connectivity index (χ0) is 13.2. The van der Waals surface area contributed by atoms with Gasteiger partial charge in [0.1, 0.15) is 0 Å². The number of carbonyl (C=O) groups is 1. The van der Waals surface area contributed by atoms with Gasteiger partial charge >= 0.3 is 0 Å². The molecule has 1 amide bonds. The Kier molecular flexibility index (Phi) is 7.11. The smallest absolute Gasteiger partial charge is 0.253 e. The highest BCUT2D eigenvalue weighted by molar-refractivity contribution is 5.94. The van der Waals surface area contributed by atoms with Gasteiger partial charge in [0.15, 0.2) is 0 Å². The minimum Gasteiger partial charge on any atom is -0.395 e. The normalized spacial score (nSPS) is 10.3. The van der Waals surface area contributed by atoms with Gasteiger partial charge in [-0.15, -0.1) is 0 Å². The Balaban J connectivity index is 2.52. The molecule has 0 unspecified atom stereocenters. The van der Waals surface area contributed by atoms with Crippen molar-refractivity contribution in [2.24, 2.45) is 0 Å². The van der Waals surface area contributed by atoms with Crippen LogP contribution in [-0.2, 0) is 0 Å². The van der Waals surface area contributed by atoms with Gasteiger partial charge < -0.3 is 10.0 Å². The summed E-state index contributed by atoms with van der Waals surface area (Å²) >= 11 is 0. The van der Waals surface area contributed by atoms with E-state index in [2.05, 4.69) is 6.92 Å². The van der Waals surface area contributed by atoms with Gasteiger partial charge in [0.2, 0.25) is 0 Å². The van der Waals surface area contributed by atoms with E-state index in [1.54, 1.807) is 4.90 Å². The maximum absolute atomic E-state index is 12.2. The average molecular weight is 249 g/mol. The first-order valence-electron chi connectivity index (χ1n) is 6.74. The minimum atomic E-state index is 0.0150. The van der Waals surface area contributed by atoms with Crippen LogP contribution in [0.4, 0.5) is 0 Å². The maximum Gasteiger partial charge on any atom is 0.253 e. The summed E-state index contributed by atoms with van der Waals surface area (Å²) < 4.78 is 0. The summed E-state index contributed by atoms with van der Waals surface area (Å²) in [7, 11) is 0. The Bertz CT molecular complexity index is 338. The molecule has 3 nitrogen and oxygen atoms in total. The molecule has 3 heteroatoms. The highest BCUT2D eigenvalue weighted by Crippen LogP contribution is 2.07. The molecule has 1 aromatic carbocycles. The van der Waals surface area contributed by atoms with Gasteiger partial charge in [-0.05, 0) is 18.6 Å². The fourth-order valence-electron chi connectivity index (χ4n) is 1.93. The van der Waals surface area contributed by atoms with E-state index in [0.29, 0.717) is 12.1 Å². The second-order valence-electron chi connectivity index (χ2n) is 4.44. The summed E-state index contributed by atoms with van der Waals surface area (Å²) in [4.78, 5) is 14.0. The summed E-state index contributed by atoms with van der Waals surface area (Å²) in [5.41, 5.74) is 0.696. The number of nitrogens with zero attached hydrogens (tertiary/aromatic N) is 1. The molecule has 0 saturated heterocycles. The number of benzene rings is 1. The van der Waals surface area contributed by atoms with Gasteiger partial charge in [0.25, 0.3) is 5.91 Å². The van der Waals surface area contributed by atoms with Crippen molar-refractivity contribution in [3.05, 3.63) is 35.9 Å². The molecule has 18 heavy (non-hydrogen) atoms. The van der Waals surface area contributed by atoms with Crippen molar-refractivity contribution in [2.45, 2.75) is 32.6 Å². The topological polar surface area (TPSA) is 40.5 Å². The van der Waals surface area contributed by atoms with Crippen LogP contribution in [0.2, 0.25) is 0 Å². The van der Waals surface area contributed by atoms with Crippen molar-refractivity contribution in [1.29, 1.82) is 0 Å². The molecule has 0 aromatic heterocycles. The van der Waals surface area contributed by atoms with E-state index < -0.39 is 0 Å². The summed E-state index contributed by atoms with van der Waals surface area (Å²) in [5, 5.41) is 9.04. The number of unbranched alkanes of at least 4 members (excludes halogenated alkanes) is 3. The third kappa shape index (κ3) is 4.88. The Hall–Kier alpha value is -1.35. The molecule has 0 aliphatic rings. The number of aliphatic hydroxyl groups excluding tert-OH is 1. The van der Waals surface area contributed by atoms with Crippen molar-refractivity contribution in [3.8, 4) is 0 Å². The number of carbonyl (C=O) groups excluding carboxylic acids is 1. The number of hydrogen-bond donors (Lipinski definition) is 1. The van der Waals surface area contributed by atoms with Gasteiger partial charge in [-0.2, -0.15) is 0 Å². The summed E-state index contributed by atoms with van der Waals surface area (Å²) in [6, 6.07) is 9.26. The molecule has 0 bridgehead atoms. The molecular formula is C15H23NO2. The lowest BCUT2D eigenvalue weighted by Crippen LogP contribution is -2.34. The number of rotatable bonds is 8. The van der Waals surface area contributed by atoms with E-state index in [1.807, 2.05) is 30.3 Å². The Morgan fingerprint density at radius 1 is 1.11 bits per heavy atom. The molecule has 1 aromatic rings. The Morgan fingerprint density at radius 2 is 1.83 bits per heavy atom. The van der Waals surface area contributed by atoms with E-state index >= 15 is 0 Å². The largest absolute Gasteiger partial charge is 0.395 e. The predicted octanol–water partition coefficient (Wildman–Crippen LogP) is 2.70. The molecule has 0 saturated carbocycles. The van der Waals surface area contributed by atoms with Crippen molar-refractivity contribution in [2.75, 3.05) is 19.7 Å². The van der Waals surface area contributed by atoms with Crippen molar-refractivity contribution >= 4 is 5.91 Å². The molecule has 0 fully saturated rings. The van der Waals surface area contributed by atoms with E-state index in [9.17, 15) is 4.79 Å². The summed E-state index contributed by atoms with van der Waals surface area (Å²) in [6.07, 6.45) is 4.53. The fraction of sp³-hybridized carbons (Fsp3) is 0.533. The van der Waals surface area contributed by atoms with Crippen molar-refractivity contribution in [3.63, 3.8) is 0 Å². The van der Waals surface area contributed by atoms with E-state index in [4.69, 9.17) is 5.11 Å². The first-order chi connectivity index (χ1) is 8.79. The minimum absolute atomic E-state index is 0.0150. The van der Waals surface area contributed by atoms with E-state index in [-0.39, 0.29) is 12.5 Å². The first kappa shape index (κ1) is 14.7. The quantitative estimate of drug-likeness (QED) is 0.720. The lowest BCUT2D eigenvalue weighted by atomic mass is 10.1. The van der Waals surface area contributed by atoms with Crippen LogP contribution < -0.4 is 0 Å². The van der Waals surface area contributed by atoms with Crippen LogP contribution in [0.15, 0.2) is 30.3 Å². The molecule has 0 radical (unpaired) electrons. The Labute approximate surface area is 109 Å². The SMILES string of the molecule is CCCCCCN(CCO)C(=O)c1ccccc1. The second kappa shape index (κ2) is 8.70. The zero-order valence-corrected chi connectivity index (χ0v) is 11.1. The van der Waals surface area contributed by atoms with Crippen LogP contribution in [0.25, 0.3) is 0 Å². The third-order valence-electron chi connectivity index (χ3n) is 2.96. The third-order valence-corrected chi connectivity index (χ3v) is 2.96. The van der Waals surface area contributed by atoms with Crippen LogP contribution in [0, 0.1) is 0 Å². The lowest BCUT2D eigenvalue weighted by Gasteiger charge is -2.21. The maximum atomic E-state index is 12.2. The standard InChI is InChI=1S/C15H23NO2/c1-2-3-4-8-11-16(12-13-17)15(18)14-9-6-5-7-10-14/h5-7,9-10,17H,2-4,8,11-13H2,1H3. The van der Waals surface area contributed by atoms with Crippen LogP contribution in [-0.4, -0.2) is 35.6 Å². The molecule has 0 atom stereocenters. The molecule has 0 aliphatic heterocycles. The molecule has 1 N–H and O–H groups in total. The molecule has 0 heterocycles. The predicted molar refractivity (Wildman–Crippen MR) is 73.6 cm³/mol. The van der Waals surface area contributed by atoms with E-state index in [0.717, 1.165) is 19.4 Å². The molecule has 100 valence electrons. The second-order valence-corrected chi connectivity index (χ2v) is 4.44. The van der Waals surface area contributed by atoms with Crippen molar-refractivity contribution in [1.82, 2.24) is 4.90 Å². The van der Waals surface area contributed by atoms with Crippen LogP contribution in [0.3, 0.4) is 0 Å². The molecular weight excluding hydrogens is 226 g/mol. The van der Waals surface area contributed by atoms with E-state index in [1.165, 1.54) is 12.8 Å². The summed E-state index contributed by atoms with van der Waals surface area (Å²) in [5.74, 6) is 0.0150. The highest BCUT2D eigenvalue weighted by atomic mass is 16.3. The number of aliphatic hydroxyl groups is 1. The average Bonchev–Trinajstić information content (AvgIpc) is 2.42. The first-order valence-corrected chi connectivity index (χ1v) is 6.74.